The SMILES string of the molecule is CC(CCCCC(=O)O)C(=O)OCOC(=O)OC1CCCCC1. The van der Waals surface area contributed by atoms with Gasteiger partial charge in [-0.05, 0) is 38.5 Å². The van der Waals surface area contributed by atoms with E-state index in [0.717, 1.165) is 32.1 Å². The standard InChI is InChI=1S/C16H26O7/c1-12(7-5-6-10-14(17)18)15(19)21-11-22-16(20)23-13-8-3-2-4-9-13/h12-13H,2-11H2,1H3,(H,17,18). The second kappa shape index (κ2) is 10.9. The molecule has 7 heteroatoms. The van der Waals surface area contributed by atoms with Crippen LogP contribution in [0.1, 0.15) is 64.7 Å². The number of esters is 1. The molecule has 132 valence electrons. The Morgan fingerprint density at radius 1 is 1.09 bits per heavy atom. The molecule has 23 heavy (non-hydrogen) atoms. The zero-order valence-electron chi connectivity index (χ0n) is 13.6. The van der Waals surface area contributed by atoms with Crippen molar-refractivity contribution in [2.75, 3.05) is 6.79 Å². The first-order valence-corrected chi connectivity index (χ1v) is 8.21. The van der Waals surface area contributed by atoms with E-state index in [-0.39, 0.29) is 18.4 Å². The molecule has 0 amide bonds. The Labute approximate surface area is 136 Å². The van der Waals surface area contributed by atoms with E-state index in [1.165, 1.54) is 0 Å². The fourth-order valence-electron chi connectivity index (χ4n) is 2.48. The quantitative estimate of drug-likeness (QED) is 0.393. The van der Waals surface area contributed by atoms with Crippen LogP contribution in [0.2, 0.25) is 0 Å². The lowest BCUT2D eigenvalue weighted by Gasteiger charge is -2.21. The second-order valence-electron chi connectivity index (χ2n) is 5.89. The third-order valence-corrected chi connectivity index (χ3v) is 3.87. The number of rotatable bonds is 9. The van der Waals surface area contributed by atoms with Gasteiger partial charge >= 0.3 is 18.1 Å². The highest BCUT2D eigenvalue weighted by molar-refractivity contribution is 5.72. The topological polar surface area (TPSA) is 99.1 Å². The van der Waals surface area contributed by atoms with Gasteiger partial charge in [-0.3, -0.25) is 9.59 Å². The summed E-state index contributed by atoms with van der Waals surface area (Å²) in [5, 5.41) is 8.52. The van der Waals surface area contributed by atoms with Crippen molar-refractivity contribution in [3.05, 3.63) is 0 Å². The second-order valence-corrected chi connectivity index (χ2v) is 5.89. The Morgan fingerprint density at radius 3 is 2.43 bits per heavy atom. The summed E-state index contributed by atoms with van der Waals surface area (Å²) in [6.45, 7) is 1.24. The van der Waals surface area contributed by atoms with Crippen LogP contribution < -0.4 is 0 Å². The van der Waals surface area contributed by atoms with Crippen molar-refractivity contribution < 1.29 is 33.7 Å². The average molecular weight is 330 g/mol. The molecule has 1 rings (SSSR count). The maximum absolute atomic E-state index is 11.7. The van der Waals surface area contributed by atoms with E-state index >= 15 is 0 Å². The molecule has 0 aliphatic heterocycles. The van der Waals surface area contributed by atoms with Crippen molar-refractivity contribution in [3.8, 4) is 0 Å². The number of ether oxygens (including phenoxy) is 3. The van der Waals surface area contributed by atoms with Gasteiger partial charge in [0.2, 0.25) is 6.79 Å². The minimum atomic E-state index is -0.842. The smallest absolute Gasteiger partial charge is 0.481 e. The molecule has 0 aromatic rings. The molecule has 0 saturated heterocycles. The summed E-state index contributed by atoms with van der Waals surface area (Å²) in [7, 11) is 0. The molecule has 0 spiro atoms. The Bertz CT molecular complexity index is 388. The van der Waals surface area contributed by atoms with E-state index in [1.54, 1.807) is 6.92 Å². The zero-order chi connectivity index (χ0) is 17.1. The number of aliphatic carboxylic acids is 1. The number of unbranched alkanes of at least 4 members (excludes halogenated alkanes) is 1. The molecule has 1 aliphatic carbocycles. The van der Waals surface area contributed by atoms with Gasteiger partial charge in [-0.25, -0.2) is 4.79 Å². The number of carboxylic acids is 1. The van der Waals surface area contributed by atoms with Crippen LogP contribution in [0.4, 0.5) is 4.79 Å². The van der Waals surface area contributed by atoms with Crippen LogP contribution in [0.3, 0.4) is 0 Å². The summed E-state index contributed by atoms with van der Waals surface area (Å²) >= 11 is 0. The van der Waals surface area contributed by atoms with E-state index in [1.807, 2.05) is 0 Å². The van der Waals surface area contributed by atoms with Gasteiger partial charge in [-0.15, -0.1) is 0 Å². The van der Waals surface area contributed by atoms with Gasteiger partial charge in [0, 0.05) is 6.42 Å². The molecule has 0 aromatic heterocycles. The average Bonchev–Trinajstić information content (AvgIpc) is 2.52. The molecule has 1 atom stereocenters. The van der Waals surface area contributed by atoms with Gasteiger partial charge in [-0.1, -0.05) is 19.8 Å². The van der Waals surface area contributed by atoms with Crippen molar-refractivity contribution in [1.82, 2.24) is 0 Å². The van der Waals surface area contributed by atoms with E-state index in [4.69, 9.17) is 19.3 Å². The van der Waals surface area contributed by atoms with Crippen molar-refractivity contribution in [1.29, 1.82) is 0 Å². The third-order valence-electron chi connectivity index (χ3n) is 3.87. The van der Waals surface area contributed by atoms with Crippen LogP contribution >= 0.6 is 0 Å². The number of hydrogen-bond acceptors (Lipinski definition) is 6. The van der Waals surface area contributed by atoms with E-state index in [0.29, 0.717) is 19.3 Å². The minimum Gasteiger partial charge on any atom is -0.481 e. The summed E-state index contributed by atoms with van der Waals surface area (Å²) in [6.07, 6.45) is 5.85. The largest absolute Gasteiger partial charge is 0.511 e. The summed E-state index contributed by atoms with van der Waals surface area (Å²) in [6, 6.07) is 0. The Balaban J connectivity index is 2.07. The normalized spacial score (nSPS) is 16.4. The first-order chi connectivity index (χ1) is 11.0. The van der Waals surface area contributed by atoms with Gasteiger partial charge in [0.25, 0.3) is 0 Å². The molecule has 0 heterocycles. The third kappa shape index (κ3) is 9.05. The van der Waals surface area contributed by atoms with Crippen LogP contribution in [0.5, 0.6) is 0 Å². The predicted octanol–water partition coefficient (Wildman–Crippen LogP) is 3.25. The molecule has 1 fully saturated rings. The van der Waals surface area contributed by atoms with E-state index in [2.05, 4.69) is 0 Å². The Morgan fingerprint density at radius 2 is 1.78 bits per heavy atom. The van der Waals surface area contributed by atoms with Crippen molar-refractivity contribution in [2.24, 2.45) is 5.92 Å². The fraction of sp³-hybridized carbons (Fsp3) is 0.812. The first kappa shape index (κ1) is 19.3. The van der Waals surface area contributed by atoms with Crippen LogP contribution in [0.25, 0.3) is 0 Å². The highest BCUT2D eigenvalue weighted by atomic mass is 16.8. The molecule has 0 radical (unpaired) electrons. The van der Waals surface area contributed by atoms with Crippen LogP contribution in [-0.4, -0.2) is 36.1 Å². The number of carbonyl (C=O) groups is 3. The van der Waals surface area contributed by atoms with Crippen LogP contribution in [-0.2, 0) is 23.8 Å². The van der Waals surface area contributed by atoms with Gasteiger partial charge in [-0.2, -0.15) is 0 Å². The molecule has 0 bridgehead atoms. The maximum atomic E-state index is 11.7. The predicted molar refractivity (Wildman–Crippen MR) is 80.7 cm³/mol. The number of carboxylic acid groups (broad SMARTS) is 1. The highest BCUT2D eigenvalue weighted by Gasteiger charge is 2.19. The summed E-state index contributed by atoms with van der Waals surface area (Å²) in [4.78, 5) is 33.5. The van der Waals surface area contributed by atoms with Crippen molar-refractivity contribution in [2.45, 2.75) is 70.8 Å². The molecule has 1 aliphatic rings. The molecule has 1 saturated carbocycles. The van der Waals surface area contributed by atoms with Crippen molar-refractivity contribution >= 4 is 18.1 Å². The van der Waals surface area contributed by atoms with E-state index in [9.17, 15) is 14.4 Å². The van der Waals surface area contributed by atoms with Gasteiger partial charge in [0.15, 0.2) is 0 Å². The maximum Gasteiger partial charge on any atom is 0.511 e. The van der Waals surface area contributed by atoms with Gasteiger partial charge in [0.1, 0.15) is 6.10 Å². The molecule has 7 nitrogen and oxygen atoms in total. The lowest BCUT2D eigenvalue weighted by molar-refractivity contribution is -0.158. The van der Waals surface area contributed by atoms with Crippen LogP contribution in [0, 0.1) is 5.92 Å². The molecule has 0 aromatic carbocycles. The van der Waals surface area contributed by atoms with Crippen molar-refractivity contribution in [3.63, 3.8) is 0 Å². The summed E-state index contributed by atoms with van der Waals surface area (Å²) in [5.41, 5.74) is 0. The fourth-order valence-corrected chi connectivity index (χ4v) is 2.48. The van der Waals surface area contributed by atoms with Crippen LogP contribution in [0.15, 0.2) is 0 Å². The summed E-state index contributed by atoms with van der Waals surface area (Å²) in [5.74, 6) is -1.67. The monoisotopic (exact) mass is 330 g/mol. The van der Waals surface area contributed by atoms with Gasteiger partial charge < -0.3 is 19.3 Å². The number of hydrogen-bond donors (Lipinski definition) is 1. The first-order valence-electron chi connectivity index (χ1n) is 8.21. The Kier molecular flexibility index (Phi) is 9.09. The lowest BCUT2D eigenvalue weighted by atomic mass is 9.98. The number of carbonyl (C=O) groups excluding carboxylic acids is 2. The molecule has 1 unspecified atom stereocenters. The highest BCUT2D eigenvalue weighted by Crippen LogP contribution is 2.20. The summed E-state index contributed by atoms with van der Waals surface area (Å²) < 4.78 is 14.7. The zero-order valence-corrected chi connectivity index (χ0v) is 13.6. The molecular formula is C16H26O7. The Hall–Kier alpha value is -1.79. The lowest BCUT2D eigenvalue weighted by Crippen LogP contribution is -2.23. The molecular weight excluding hydrogens is 304 g/mol. The molecule has 1 N–H and O–H groups in total. The van der Waals surface area contributed by atoms with E-state index < -0.39 is 24.9 Å². The van der Waals surface area contributed by atoms with Gasteiger partial charge in [0.05, 0.1) is 5.92 Å². The minimum absolute atomic E-state index is 0.0951.